The fourth-order valence-corrected chi connectivity index (χ4v) is 2.97. The average Bonchev–Trinajstić information content (AvgIpc) is 3.07. The van der Waals surface area contributed by atoms with E-state index in [9.17, 15) is 4.79 Å². The lowest BCUT2D eigenvalue weighted by Crippen LogP contribution is -2.41. The molecule has 112 valence electrons. The molecule has 20 heavy (non-hydrogen) atoms. The summed E-state index contributed by atoms with van der Waals surface area (Å²) >= 11 is 1.31. The van der Waals surface area contributed by atoms with Crippen molar-refractivity contribution >= 4 is 22.4 Å². The molecule has 0 bridgehead atoms. The van der Waals surface area contributed by atoms with Crippen molar-refractivity contribution in [1.29, 1.82) is 0 Å². The van der Waals surface area contributed by atoms with Crippen LogP contribution in [0.3, 0.4) is 0 Å². The monoisotopic (exact) mass is 297 g/mol. The predicted octanol–water partition coefficient (Wildman–Crippen LogP) is 1.57. The number of hydrogen-bond acceptors (Lipinski definition) is 6. The van der Waals surface area contributed by atoms with Gasteiger partial charge in [-0.2, -0.15) is 0 Å². The molecule has 2 N–H and O–H groups in total. The zero-order valence-corrected chi connectivity index (χ0v) is 13.0. The molecule has 2 rings (SSSR count). The number of nitrogens with one attached hydrogen (secondary N) is 2. The SMILES string of the molecule is CCCNc1nnc(C(=O)NC(C)CN2CCCC2)s1. The lowest BCUT2D eigenvalue weighted by Gasteiger charge is -2.20. The molecular weight excluding hydrogens is 274 g/mol. The van der Waals surface area contributed by atoms with E-state index < -0.39 is 0 Å². The number of anilines is 1. The summed E-state index contributed by atoms with van der Waals surface area (Å²) in [6.07, 6.45) is 3.56. The van der Waals surface area contributed by atoms with Gasteiger partial charge in [0, 0.05) is 19.1 Å². The summed E-state index contributed by atoms with van der Waals surface area (Å²) in [4.78, 5) is 14.5. The van der Waals surface area contributed by atoms with Gasteiger partial charge in [-0.05, 0) is 39.3 Å². The number of aromatic nitrogens is 2. The number of carbonyl (C=O) groups excluding carboxylic acids is 1. The van der Waals surface area contributed by atoms with Crippen LogP contribution in [0.5, 0.6) is 0 Å². The van der Waals surface area contributed by atoms with Crippen LogP contribution in [0.4, 0.5) is 5.13 Å². The van der Waals surface area contributed by atoms with E-state index in [-0.39, 0.29) is 11.9 Å². The largest absolute Gasteiger partial charge is 0.360 e. The van der Waals surface area contributed by atoms with Gasteiger partial charge in [0.1, 0.15) is 0 Å². The minimum absolute atomic E-state index is 0.126. The normalized spacial score (nSPS) is 17.1. The van der Waals surface area contributed by atoms with E-state index in [1.165, 1.54) is 24.2 Å². The van der Waals surface area contributed by atoms with Gasteiger partial charge in [0.15, 0.2) is 0 Å². The Morgan fingerprint density at radius 1 is 1.40 bits per heavy atom. The highest BCUT2D eigenvalue weighted by Crippen LogP contribution is 2.15. The molecule has 7 heteroatoms. The van der Waals surface area contributed by atoms with Crippen molar-refractivity contribution < 1.29 is 4.79 Å². The van der Waals surface area contributed by atoms with Crippen LogP contribution in [-0.2, 0) is 0 Å². The summed E-state index contributed by atoms with van der Waals surface area (Å²) in [7, 11) is 0. The van der Waals surface area contributed by atoms with E-state index >= 15 is 0 Å². The Kier molecular flexibility index (Phi) is 5.72. The number of hydrogen-bond donors (Lipinski definition) is 2. The third kappa shape index (κ3) is 4.42. The molecule has 1 amide bonds. The van der Waals surface area contributed by atoms with Gasteiger partial charge in [-0.3, -0.25) is 4.79 Å². The summed E-state index contributed by atoms with van der Waals surface area (Å²) in [6, 6.07) is 0.136. The second-order valence-electron chi connectivity index (χ2n) is 5.22. The first-order valence-corrected chi connectivity index (χ1v) is 8.11. The van der Waals surface area contributed by atoms with Crippen molar-refractivity contribution in [3.8, 4) is 0 Å². The number of carbonyl (C=O) groups is 1. The molecule has 1 aromatic heterocycles. The van der Waals surface area contributed by atoms with E-state index in [2.05, 4.69) is 32.7 Å². The number of rotatable bonds is 7. The molecule has 6 nitrogen and oxygen atoms in total. The maximum Gasteiger partial charge on any atom is 0.282 e. The van der Waals surface area contributed by atoms with Crippen molar-refractivity contribution in [1.82, 2.24) is 20.4 Å². The van der Waals surface area contributed by atoms with E-state index in [0.717, 1.165) is 32.6 Å². The predicted molar refractivity (Wildman–Crippen MR) is 81.3 cm³/mol. The van der Waals surface area contributed by atoms with Gasteiger partial charge in [-0.1, -0.05) is 18.3 Å². The maximum atomic E-state index is 12.1. The Hall–Kier alpha value is -1.21. The first-order valence-electron chi connectivity index (χ1n) is 7.29. The molecule has 0 aromatic carbocycles. The van der Waals surface area contributed by atoms with Crippen molar-refractivity contribution in [2.24, 2.45) is 0 Å². The van der Waals surface area contributed by atoms with Gasteiger partial charge < -0.3 is 15.5 Å². The summed E-state index contributed by atoms with van der Waals surface area (Å²) < 4.78 is 0. The Bertz CT molecular complexity index is 430. The van der Waals surface area contributed by atoms with Crippen molar-refractivity contribution in [2.45, 2.75) is 39.2 Å². The molecule has 1 aliphatic heterocycles. The molecule has 2 heterocycles. The third-order valence-corrected chi connectivity index (χ3v) is 4.13. The highest BCUT2D eigenvalue weighted by atomic mass is 32.1. The average molecular weight is 297 g/mol. The van der Waals surface area contributed by atoms with Crippen LogP contribution in [0.25, 0.3) is 0 Å². The molecule has 0 aliphatic carbocycles. The van der Waals surface area contributed by atoms with E-state index in [0.29, 0.717) is 10.1 Å². The maximum absolute atomic E-state index is 12.1. The highest BCUT2D eigenvalue weighted by Gasteiger charge is 2.18. The lowest BCUT2D eigenvalue weighted by atomic mass is 10.3. The fraction of sp³-hybridized carbons (Fsp3) is 0.769. The van der Waals surface area contributed by atoms with Crippen LogP contribution in [0.15, 0.2) is 0 Å². The molecule has 1 aliphatic rings. The molecule has 1 unspecified atom stereocenters. The number of likely N-dealkylation sites (tertiary alicyclic amines) is 1. The topological polar surface area (TPSA) is 70.1 Å². The standard InChI is InChI=1S/C13H23N5OS/c1-3-6-14-13-17-16-12(20-13)11(19)15-10(2)9-18-7-4-5-8-18/h10H,3-9H2,1-2H3,(H,14,17)(H,15,19). The first-order chi connectivity index (χ1) is 9.69. The van der Waals surface area contributed by atoms with Crippen LogP contribution >= 0.6 is 11.3 Å². The van der Waals surface area contributed by atoms with E-state index in [4.69, 9.17) is 0 Å². The van der Waals surface area contributed by atoms with Crippen LogP contribution in [-0.4, -0.2) is 53.2 Å². The van der Waals surface area contributed by atoms with Gasteiger partial charge in [0.05, 0.1) is 0 Å². The van der Waals surface area contributed by atoms with Crippen LogP contribution in [0.2, 0.25) is 0 Å². The van der Waals surface area contributed by atoms with E-state index in [1.807, 2.05) is 6.92 Å². The van der Waals surface area contributed by atoms with Crippen LogP contribution < -0.4 is 10.6 Å². The van der Waals surface area contributed by atoms with Crippen LogP contribution in [0, 0.1) is 0 Å². The molecular formula is C13H23N5OS. The number of nitrogens with zero attached hydrogens (tertiary/aromatic N) is 3. The van der Waals surface area contributed by atoms with E-state index in [1.54, 1.807) is 0 Å². The minimum Gasteiger partial charge on any atom is -0.360 e. The Balaban J connectivity index is 1.79. The zero-order valence-electron chi connectivity index (χ0n) is 12.2. The molecule has 1 aromatic rings. The molecule has 0 saturated carbocycles. The third-order valence-electron chi connectivity index (χ3n) is 3.25. The highest BCUT2D eigenvalue weighted by molar-refractivity contribution is 7.17. The van der Waals surface area contributed by atoms with Crippen molar-refractivity contribution in [3.63, 3.8) is 0 Å². The summed E-state index contributed by atoms with van der Waals surface area (Å²) in [5.74, 6) is -0.126. The van der Waals surface area contributed by atoms with Gasteiger partial charge in [-0.25, -0.2) is 0 Å². The lowest BCUT2D eigenvalue weighted by molar-refractivity contribution is 0.0931. The summed E-state index contributed by atoms with van der Waals surface area (Å²) in [6.45, 7) is 8.16. The minimum atomic E-state index is -0.126. The molecule has 0 spiro atoms. The second kappa shape index (κ2) is 7.54. The van der Waals surface area contributed by atoms with Gasteiger partial charge >= 0.3 is 0 Å². The van der Waals surface area contributed by atoms with Gasteiger partial charge in [0.25, 0.3) is 5.91 Å². The quantitative estimate of drug-likeness (QED) is 0.799. The van der Waals surface area contributed by atoms with Gasteiger partial charge in [0.2, 0.25) is 10.1 Å². The summed E-state index contributed by atoms with van der Waals surface area (Å²) in [5.41, 5.74) is 0. The van der Waals surface area contributed by atoms with Crippen molar-refractivity contribution in [3.05, 3.63) is 5.01 Å². The Morgan fingerprint density at radius 3 is 2.85 bits per heavy atom. The molecule has 0 radical (unpaired) electrons. The van der Waals surface area contributed by atoms with Crippen molar-refractivity contribution in [2.75, 3.05) is 31.5 Å². The molecule has 1 atom stereocenters. The second-order valence-corrected chi connectivity index (χ2v) is 6.20. The first kappa shape index (κ1) is 15.2. The smallest absolute Gasteiger partial charge is 0.282 e. The Morgan fingerprint density at radius 2 is 2.15 bits per heavy atom. The zero-order chi connectivity index (χ0) is 14.4. The Labute approximate surface area is 124 Å². The van der Waals surface area contributed by atoms with Gasteiger partial charge in [-0.15, -0.1) is 10.2 Å². The molecule has 1 fully saturated rings. The molecule has 1 saturated heterocycles. The fourth-order valence-electron chi connectivity index (χ4n) is 2.30. The number of amides is 1. The summed E-state index contributed by atoms with van der Waals surface area (Å²) in [5, 5.41) is 15.2. The van der Waals surface area contributed by atoms with Crippen LogP contribution in [0.1, 0.15) is 42.9 Å².